The van der Waals surface area contributed by atoms with E-state index >= 15 is 0 Å². The van der Waals surface area contributed by atoms with Crippen molar-refractivity contribution in [3.8, 4) is 11.5 Å². The van der Waals surface area contributed by atoms with Crippen LogP contribution < -0.4 is 9.47 Å². The van der Waals surface area contributed by atoms with Crippen molar-refractivity contribution < 1.29 is 24.1 Å². The number of fused-ring (bicyclic) bond motifs is 1. The van der Waals surface area contributed by atoms with Gasteiger partial charge in [-0.1, -0.05) is 12.1 Å². The molecule has 0 amide bonds. The standard InChI is InChI=1S/C22H27FO4/c1-13(2)27-17-6-4-14-8-16(11-24)19(12-25)22(18(14)10-17)15-5-7-20(23)21(9-15)26-3/h4-7,9-10,13,16,19,22,24-25H,8,11-12H2,1-3H3/t16-,19-,22-/m1/s1. The summed E-state index contributed by atoms with van der Waals surface area (Å²) in [7, 11) is 1.44. The van der Waals surface area contributed by atoms with E-state index in [4.69, 9.17) is 9.47 Å². The summed E-state index contributed by atoms with van der Waals surface area (Å²) >= 11 is 0. The molecule has 0 bridgehead atoms. The van der Waals surface area contributed by atoms with Crippen molar-refractivity contribution in [2.45, 2.75) is 32.3 Å². The van der Waals surface area contributed by atoms with Crippen LogP contribution in [0.5, 0.6) is 11.5 Å². The molecule has 2 aromatic carbocycles. The summed E-state index contributed by atoms with van der Waals surface area (Å²) in [6.07, 6.45) is 0.739. The van der Waals surface area contributed by atoms with Gasteiger partial charge in [0, 0.05) is 19.1 Å². The number of aliphatic hydroxyl groups is 2. The smallest absolute Gasteiger partial charge is 0.165 e. The summed E-state index contributed by atoms with van der Waals surface area (Å²) < 4.78 is 24.9. The number of aliphatic hydroxyl groups excluding tert-OH is 2. The van der Waals surface area contributed by atoms with Crippen molar-refractivity contribution in [2.75, 3.05) is 20.3 Å². The Labute approximate surface area is 159 Å². The lowest BCUT2D eigenvalue weighted by molar-refractivity contribution is 0.101. The first-order valence-electron chi connectivity index (χ1n) is 9.33. The van der Waals surface area contributed by atoms with Crippen molar-refractivity contribution in [3.05, 3.63) is 58.9 Å². The van der Waals surface area contributed by atoms with Gasteiger partial charge in [-0.3, -0.25) is 0 Å². The maximum atomic E-state index is 13.9. The van der Waals surface area contributed by atoms with Gasteiger partial charge in [0.05, 0.1) is 13.2 Å². The first kappa shape index (κ1) is 19.6. The minimum Gasteiger partial charge on any atom is -0.494 e. The number of halogens is 1. The van der Waals surface area contributed by atoms with E-state index in [9.17, 15) is 14.6 Å². The van der Waals surface area contributed by atoms with Gasteiger partial charge in [0.25, 0.3) is 0 Å². The zero-order chi connectivity index (χ0) is 19.6. The van der Waals surface area contributed by atoms with E-state index in [2.05, 4.69) is 0 Å². The lowest BCUT2D eigenvalue weighted by Gasteiger charge is -2.39. The highest BCUT2D eigenvalue weighted by Gasteiger charge is 2.37. The zero-order valence-electron chi connectivity index (χ0n) is 16.0. The van der Waals surface area contributed by atoms with Crippen molar-refractivity contribution in [1.29, 1.82) is 0 Å². The summed E-state index contributed by atoms with van der Waals surface area (Å²) in [4.78, 5) is 0. The van der Waals surface area contributed by atoms with Crippen molar-refractivity contribution in [2.24, 2.45) is 11.8 Å². The molecule has 4 nitrogen and oxygen atoms in total. The van der Waals surface area contributed by atoms with E-state index < -0.39 is 5.82 Å². The van der Waals surface area contributed by atoms with Crippen LogP contribution in [0.3, 0.4) is 0 Å². The quantitative estimate of drug-likeness (QED) is 0.812. The lowest BCUT2D eigenvalue weighted by Crippen LogP contribution is -2.35. The van der Waals surface area contributed by atoms with Crippen molar-refractivity contribution >= 4 is 0 Å². The SMILES string of the molecule is COc1cc([C@@H]2c3cc(OC(C)C)ccc3C[C@H](CO)[C@H]2CO)ccc1F. The first-order valence-corrected chi connectivity index (χ1v) is 9.33. The second kappa shape index (κ2) is 8.28. The molecule has 0 spiro atoms. The van der Waals surface area contributed by atoms with Gasteiger partial charge in [-0.05, 0) is 73.1 Å². The molecule has 1 aliphatic carbocycles. The number of hydrogen-bond acceptors (Lipinski definition) is 4. The van der Waals surface area contributed by atoms with Crippen molar-refractivity contribution in [1.82, 2.24) is 0 Å². The maximum Gasteiger partial charge on any atom is 0.165 e. The Balaban J connectivity index is 2.13. The minimum absolute atomic E-state index is 0.0102. The molecule has 0 fully saturated rings. The monoisotopic (exact) mass is 374 g/mol. The van der Waals surface area contributed by atoms with Gasteiger partial charge >= 0.3 is 0 Å². The molecular formula is C22H27FO4. The molecular weight excluding hydrogens is 347 g/mol. The lowest BCUT2D eigenvalue weighted by atomic mass is 9.67. The fourth-order valence-corrected chi connectivity index (χ4v) is 4.08. The Kier molecular flexibility index (Phi) is 6.02. The third-order valence-electron chi connectivity index (χ3n) is 5.32. The van der Waals surface area contributed by atoms with Crippen LogP contribution in [0.4, 0.5) is 4.39 Å². The van der Waals surface area contributed by atoms with Crippen LogP contribution in [-0.2, 0) is 6.42 Å². The van der Waals surface area contributed by atoms with E-state index in [0.717, 1.165) is 22.4 Å². The van der Waals surface area contributed by atoms with Gasteiger partial charge in [0.2, 0.25) is 0 Å². The van der Waals surface area contributed by atoms with Gasteiger partial charge in [-0.2, -0.15) is 0 Å². The summed E-state index contributed by atoms with van der Waals surface area (Å²) in [5.41, 5.74) is 3.02. The van der Waals surface area contributed by atoms with E-state index in [1.165, 1.54) is 13.2 Å². The number of benzene rings is 2. The average Bonchev–Trinajstić information content (AvgIpc) is 2.66. The van der Waals surface area contributed by atoms with Crippen LogP contribution >= 0.6 is 0 Å². The van der Waals surface area contributed by atoms with Crippen molar-refractivity contribution in [3.63, 3.8) is 0 Å². The second-order valence-corrected chi connectivity index (χ2v) is 7.39. The largest absolute Gasteiger partial charge is 0.494 e. The van der Waals surface area contributed by atoms with Crippen LogP contribution in [0, 0.1) is 17.7 Å². The predicted molar refractivity (Wildman–Crippen MR) is 102 cm³/mol. The molecule has 0 heterocycles. The molecule has 3 rings (SSSR count). The maximum absolute atomic E-state index is 13.9. The zero-order valence-corrected chi connectivity index (χ0v) is 16.0. The van der Waals surface area contributed by atoms with Crippen LogP contribution in [-0.4, -0.2) is 36.6 Å². The summed E-state index contributed by atoms with van der Waals surface area (Å²) in [5, 5.41) is 20.0. The molecule has 5 heteroatoms. The molecule has 0 aromatic heterocycles. The molecule has 0 radical (unpaired) electrons. The highest BCUT2D eigenvalue weighted by Crippen LogP contribution is 2.45. The van der Waals surface area contributed by atoms with Crippen LogP contribution in [0.25, 0.3) is 0 Å². The van der Waals surface area contributed by atoms with Gasteiger partial charge in [-0.15, -0.1) is 0 Å². The molecule has 146 valence electrons. The van der Waals surface area contributed by atoms with Crippen LogP contribution in [0.1, 0.15) is 36.5 Å². The van der Waals surface area contributed by atoms with E-state index in [0.29, 0.717) is 6.42 Å². The number of rotatable bonds is 6. The average molecular weight is 374 g/mol. The molecule has 0 saturated heterocycles. The van der Waals surface area contributed by atoms with Gasteiger partial charge in [-0.25, -0.2) is 4.39 Å². The molecule has 0 aliphatic heterocycles. The molecule has 27 heavy (non-hydrogen) atoms. The van der Waals surface area contributed by atoms with Gasteiger partial charge in [0.1, 0.15) is 5.75 Å². The highest BCUT2D eigenvalue weighted by molar-refractivity contribution is 5.47. The Morgan fingerprint density at radius 1 is 1.11 bits per heavy atom. The summed E-state index contributed by atoms with van der Waals surface area (Å²) in [6, 6.07) is 10.8. The Morgan fingerprint density at radius 2 is 1.89 bits per heavy atom. The molecule has 2 N–H and O–H groups in total. The first-order chi connectivity index (χ1) is 13.0. The fraction of sp³-hybridized carbons (Fsp3) is 0.455. The number of hydrogen-bond donors (Lipinski definition) is 2. The third-order valence-corrected chi connectivity index (χ3v) is 5.32. The molecule has 2 aromatic rings. The second-order valence-electron chi connectivity index (χ2n) is 7.39. The predicted octanol–water partition coefficient (Wildman–Crippen LogP) is 3.53. The molecule has 0 saturated carbocycles. The molecule has 3 atom stereocenters. The normalized spacial score (nSPS) is 21.8. The van der Waals surface area contributed by atoms with Crippen LogP contribution in [0.15, 0.2) is 36.4 Å². The van der Waals surface area contributed by atoms with Gasteiger partial charge in [0.15, 0.2) is 11.6 Å². The fourth-order valence-electron chi connectivity index (χ4n) is 4.08. The number of ether oxygens (including phenoxy) is 2. The van der Waals surface area contributed by atoms with E-state index in [-0.39, 0.29) is 42.8 Å². The molecule has 0 unspecified atom stereocenters. The van der Waals surface area contributed by atoms with Gasteiger partial charge < -0.3 is 19.7 Å². The Bertz CT molecular complexity index is 790. The summed E-state index contributed by atoms with van der Waals surface area (Å²) in [5.74, 6) is 0.0929. The van der Waals surface area contributed by atoms with Crippen LogP contribution in [0.2, 0.25) is 0 Å². The third kappa shape index (κ3) is 3.94. The Hall–Kier alpha value is -2.11. The topological polar surface area (TPSA) is 58.9 Å². The molecule has 1 aliphatic rings. The highest BCUT2D eigenvalue weighted by atomic mass is 19.1. The number of methoxy groups -OCH3 is 1. The van der Waals surface area contributed by atoms with E-state index in [1.807, 2.05) is 32.0 Å². The Morgan fingerprint density at radius 3 is 2.52 bits per heavy atom. The summed E-state index contributed by atoms with van der Waals surface area (Å²) in [6.45, 7) is 3.87. The van der Waals surface area contributed by atoms with E-state index in [1.54, 1.807) is 12.1 Å². The minimum atomic E-state index is -0.423.